The molecular formula is C18H30BrF2LiSi2. The summed E-state index contributed by atoms with van der Waals surface area (Å²) < 4.78 is 32.2. The Morgan fingerprint density at radius 2 is 1.21 bits per heavy atom. The summed E-state index contributed by atoms with van der Waals surface area (Å²) in [5.74, 6) is 0. The summed E-state index contributed by atoms with van der Waals surface area (Å²) in [6.07, 6.45) is 0. The van der Waals surface area contributed by atoms with Crippen molar-refractivity contribution in [1.82, 2.24) is 0 Å². The van der Waals surface area contributed by atoms with Gasteiger partial charge in [-0.2, -0.15) is 18.2 Å². The fraction of sp³-hybridized carbons (Fsp3) is 0.667. The average Bonchev–Trinajstić information content (AvgIpc) is 2.44. The minimum absolute atomic E-state index is 0. The van der Waals surface area contributed by atoms with Gasteiger partial charge >= 0.3 is 18.9 Å². The van der Waals surface area contributed by atoms with Crippen LogP contribution in [-0.2, 0) is 0 Å². The molecule has 1 rings (SSSR count). The first kappa shape index (κ1) is 24.6. The van der Waals surface area contributed by atoms with E-state index in [1.165, 1.54) is 0 Å². The Hall–Kier alpha value is 0.591. The van der Waals surface area contributed by atoms with Crippen LogP contribution in [0.25, 0.3) is 0 Å². The molecule has 0 N–H and O–H groups in total. The van der Waals surface area contributed by atoms with Gasteiger partial charge in [0.2, 0.25) is 8.41 Å². The summed E-state index contributed by atoms with van der Waals surface area (Å²) in [6.45, 7) is 15.6. The van der Waals surface area contributed by atoms with Gasteiger partial charge in [-0.1, -0.05) is 75.8 Å². The first-order chi connectivity index (χ1) is 10.4. The van der Waals surface area contributed by atoms with Crippen molar-refractivity contribution >= 4 is 43.1 Å². The largest absolute Gasteiger partial charge is 1.00 e. The molecule has 24 heavy (non-hydrogen) atoms. The number of hydrogen-bond donors (Lipinski definition) is 0. The molecular weight excluding hydrogens is 397 g/mol. The van der Waals surface area contributed by atoms with Crippen molar-refractivity contribution in [2.45, 2.75) is 77.6 Å². The summed E-state index contributed by atoms with van der Waals surface area (Å²) in [5, 5.41) is 1.37. The number of hydrogen-bond acceptors (Lipinski definition) is 0. The topological polar surface area (TPSA) is 0 Å². The monoisotopic (exact) mass is 426 g/mol. The van der Waals surface area contributed by atoms with Crippen molar-refractivity contribution < 1.29 is 27.1 Å². The van der Waals surface area contributed by atoms with Crippen molar-refractivity contribution in [3.63, 3.8) is 0 Å². The first-order valence-electron chi connectivity index (χ1n) is 8.50. The van der Waals surface area contributed by atoms with Crippen LogP contribution in [-0.4, -0.2) is 16.8 Å². The average molecular weight is 427 g/mol. The SMILES string of the molecule is CC(C)[Si](F)(c1[c-]cc([Si](F)(C(C)C)C(C)C)c(Br)c1)C(C)C.[Li+]. The molecule has 0 unspecified atom stereocenters. The van der Waals surface area contributed by atoms with Crippen LogP contribution in [0, 0.1) is 6.07 Å². The molecule has 0 aliphatic carbocycles. The van der Waals surface area contributed by atoms with Gasteiger partial charge in [0.15, 0.2) is 0 Å². The van der Waals surface area contributed by atoms with E-state index < -0.39 is 16.8 Å². The summed E-state index contributed by atoms with van der Waals surface area (Å²) in [7, 11) is -6.29. The zero-order valence-corrected chi connectivity index (χ0v) is 20.2. The van der Waals surface area contributed by atoms with Crippen LogP contribution in [0.15, 0.2) is 16.6 Å². The van der Waals surface area contributed by atoms with Gasteiger partial charge in [0.1, 0.15) is 0 Å². The molecule has 0 heterocycles. The molecule has 1 aromatic rings. The van der Waals surface area contributed by atoms with Crippen molar-refractivity contribution in [3.8, 4) is 0 Å². The van der Waals surface area contributed by atoms with Crippen LogP contribution >= 0.6 is 15.9 Å². The Morgan fingerprint density at radius 1 is 0.833 bits per heavy atom. The second-order valence-corrected chi connectivity index (χ2v) is 17.4. The molecule has 0 aliphatic rings. The van der Waals surface area contributed by atoms with E-state index in [0.717, 1.165) is 9.66 Å². The molecule has 0 amide bonds. The molecule has 1 aromatic carbocycles. The van der Waals surface area contributed by atoms with Gasteiger partial charge in [0.05, 0.1) is 0 Å². The van der Waals surface area contributed by atoms with Gasteiger partial charge in [-0.25, -0.2) is 0 Å². The number of halogens is 3. The number of rotatable bonds is 6. The normalized spacial score (nSPS) is 13.1. The van der Waals surface area contributed by atoms with Crippen LogP contribution in [0.1, 0.15) is 55.4 Å². The maximum Gasteiger partial charge on any atom is 1.00 e. The molecule has 0 saturated heterocycles. The Kier molecular flexibility index (Phi) is 9.21. The molecule has 0 aromatic heterocycles. The standard InChI is InChI=1S/C18H30BrF2Si2.Li/c1-12(2)22(20,13(3)4)16-9-10-18(17(19)11-16)23(21,14(5)6)15(7)8;/h10-15H,1-8H3;/q-1;+1. The van der Waals surface area contributed by atoms with E-state index in [9.17, 15) is 0 Å². The van der Waals surface area contributed by atoms with Crippen molar-refractivity contribution in [1.29, 1.82) is 0 Å². The van der Waals surface area contributed by atoms with E-state index >= 15 is 8.22 Å². The number of benzene rings is 1. The molecule has 6 heteroatoms. The Balaban J connectivity index is 0.00000529. The molecule has 0 radical (unpaired) electrons. The van der Waals surface area contributed by atoms with Crippen molar-refractivity contribution in [3.05, 3.63) is 22.7 Å². The summed E-state index contributed by atoms with van der Waals surface area (Å²) in [4.78, 5) is 0. The minimum atomic E-state index is -3.15. The van der Waals surface area contributed by atoms with Gasteiger partial charge in [-0.15, -0.1) is 10.4 Å². The van der Waals surface area contributed by atoms with Gasteiger partial charge in [-0.3, -0.25) is 0 Å². The Labute approximate surface area is 169 Å². The Morgan fingerprint density at radius 3 is 1.50 bits per heavy atom. The molecule has 132 valence electrons. The molecule has 0 saturated carbocycles. The van der Waals surface area contributed by atoms with E-state index in [4.69, 9.17) is 0 Å². The van der Waals surface area contributed by atoms with Crippen molar-refractivity contribution in [2.24, 2.45) is 0 Å². The maximum atomic E-state index is 15.8. The van der Waals surface area contributed by atoms with Gasteiger partial charge in [0.25, 0.3) is 8.41 Å². The second-order valence-electron chi connectivity index (χ2n) is 7.76. The van der Waals surface area contributed by atoms with Gasteiger partial charge < -0.3 is 8.22 Å². The zero-order chi connectivity index (χ0) is 18.2. The van der Waals surface area contributed by atoms with E-state index in [1.54, 1.807) is 6.07 Å². The summed E-state index contributed by atoms with van der Waals surface area (Å²) in [6, 6.07) is 6.69. The first-order valence-corrected chi connectivity index (χ1v) is 13.4. The zero-order valence-electron chi connectivity index (χ0n) is 16.6. The van der Waals surface area contributed by atoms with E-state index in [-0.39, 0.29) is 41.0 Å². The summed E-state index contributed by atoms with van der Waals surface area (Å²) >= 11 is 3.54. The van der Waals surface area contributed by atoms with Crippen LogP contribution < -0.4 is 29.2 Å². The fourth-order valence-electron chi connectivity index (χ4n) is 3.56. The molecule has 0 spiro atoms. The van der Waals surface area contributed by atoms with E-state index in [1.807, 2.05) is 61.5 Å². The smallest absolute Gasteiger partial charge is 0.323 e. The predicted octanol–water partition coefficient (Wildman–Crippen LogP) is 3.14. The van der Waals surface area contributed by atoms with Gasteiger partial charge in [-0.05, 0) is 22.2 Å². The third-order valence-electron chi connectivity index (χ3n) is 5.09. The third kappa shape index (κ3) is 4.28. The maximum absolute atomic E-state index is 15.8. The fourth-order valence-corrected chi connectivity index (χ4v) is 11.6. The van der Waals surface area contributed by atoms with Crippen LogP contribution in [0.4, 0.5) is 8.22 Å². The van der Waals surface area contributed by atoms with E-state index in [2.05, 4.69) is 22.0 Å². The molecule has 0 aliphatic heterocycles. The van der Waals surface area contributed by atoms with Gasteiger partial charge in [0, 0.05) is 0 Å². The molecule has 0 fully saturated rings. The predicted molar refractivity (Wildman–Crippen MR) is 106 cm³/mol. The third-order valence-corrected chi connectivity index (χ3v) is 15.2. The molecule has 0 nitrogen and oxygen atoms in total. The van der Waals surface area contributed by atoms with Crippen LogP contribution in [0.2, 0.25) is 22.2 Å². The quantitative estimate of drug-likeness (QED) is 0.372. The van der Waals surface area contributed by atoms with Crippen LogP contribution in [0.5, 0.6) is 0 Å². The second kappa shape index (κ2) is 8.99. The van der Waals surface area contributed by atoms with Crippen LogP contribution in [0.3, 0.4) is 0 Å². The van der Waals surface area contributed by atoms with E-state index in [0.29, 0.717) is 5.19 Å². The molecule has 0 atom stereocenters. The molecule has 0 bridgehead atoms. The Bertz CT molecular complexity index is 532. The summed E-state index contributed by atoms with van der Waals surface area (Å²) in [5.41, 5.74) is -0.112. The minimum Gasteiger partial charge on any atom is -0.323 e. The van der Waals surface area contributed by atoms with Crippen molar-refractivity contribution in [2.75, 3.05) is 0 Å².